The maximum atomic E-state index is 13.7. The van der Waals surface area contributed by atoms with Gasteiger partial charge in [-0.2, -0.15) is 0 Å². The van der Waals surface area contributed by atoms with E-state index in [9.17, 15) is 23.1 Å². The maximum Gasteiger partial charge on any atom is 0.309 e. The van der Waals surface area contributed by atoms with E-state index in [0.717, 1.165) is 11.3 Å². The fourth-order valence-corrected chi connectivity index (χ4v) is 9.45. The molecule has 3 aliphatic rings. The summed E-state index contributed by atoms with van der Waals surface area (Å²) >= 11 is 0. The molecule has 12 nitrogen and oxygen atoms in total. The van der Waals surface area contributed by atoms with E-state index >= 15 is 0 Å². The van der Waals surface area contributed by atoms with Gasteiger partial charge in [-0.15, -0.1) is 0 Å². The van der Waals surface area contributed by atoms with Crippen LogP contribution < -0.4 is 24.4 Å². The van der Waals surface area contributed by atoms with Crippen LogP contribution in [0.15, 0.2) is 42.5 Å². The molecule has 0 aliphatic carbocycles. The van der Waals surface area contributed by atoms with Crippen LogP contribution in [0.1, 0.15) is 53.0 Å². The number of esters is 1. The van der Waals surface area contributed by atoms with E-state index in [2.05, 4.69) is 10.2 Å². The Morgan fingerprint density at radius 3 is 2.51 bits per heavy atom. The van der Waals surface area contributed by atoms with Crippen LogP contribution >= 0.6 is 0 Å². The minimum atomic E-state index is -3.36. The second kappa shape index (κ2) is 15.1. The molecule has 0 saturated carbocycles. The highest BCUT2D eigenvalue weighted by molar-refractivity contribution is 7.92. The number of anilines is 1. The van der Waals surface area contributed by atoms with Gasteiger partial charge in [-0.25, -0.2) is 8.42 Å². The molecule has 2 fully saturated rings. The van der Waals surface area contributed by atoms with Gasteiger partial charge in [0.25, 0.3) is 0 Å². The van der Waals surface area contributed by atoms with Crippen LogP contribution in [0.4, 0.5) is 5.69 Å². The third-order valence-corrected chi connectivity index (χ3v) is 11.8. The van der Waals surface area contributed by atoms with E-state index in [4.69, 9.17) is 18.9 Å². The molecule has 5 rings (SSSR count). The van der Waals surface area contributed by atoms with Gasteiger partial charge in [-0.1, -0.05) is 44.2 Å². The highest BCUT2D eigenvalue weighted by Gasteiger charge is 2.45. The largest absolute Gasteiger partial charge is 0.493 e. The number of fused-ring (bicyclic) bond motifs is 1. The topological polar surface area (TPSA) is 144 Å². The van der Waals surface area contributed by atoms with Crippen LogP contribution in [0, 0.1) is 11.8 Å². The second-order valence-corrected chi connectivity index (χ2v) is 17.0. The summed E-state index contributed by atoms with van der Waals surface area (Å²) < 4.78 is 48.1. The number of β-amino-alcohol motifs (C(OH)–C–C–N with tert-alkyl or cyclic N) is 1. The average Bonchev–Trinajstić information content (AvgIpc) is 3.63. The van der Waals surface area contributed by atoms with Gasteiger partial charge in [0, 0.05) is 49.5 Å². The molecular formula is C36H51N3O9S. The number of aliphatic hydroxyl groups is 1. The number of aliphatic hydroxyl groups excluding tert-OH is 1. The molecule has 13 heteroatoms. The Kier molecular flexibility index (Phi) is 11.3. The Morgan fingerprint density at radius 2 is 1.84 bits per heavy atom. The maximum absolute atomic E-state index is 13.7. The summed E-state index contributed by atoms with van der Waals surface area (Å²) in [4.78, 5) is 31.5. The van der Waals surface area contributed by atoms with Gasteiger partial charge in [-0.3, -0.25) is 14.5 Å². The highest BCUT2D eigenvalue weighted by atomic mass is 32.2. The number of hydrogen-bond acceptors (Lipinski definition) is 11. The summed E-state index contributed by atoms with van der Waals surface area (Å²) in [5, 5.41) is 13.9. The van der Waals surface area contributed by atoms with E-state index in [0.29, 0.717) is 43.3 Å². The minimum absolute atomic E-state index is 0.0111. The van der Waals surface area contributed by atoms with Crippen molar-refractivity contribution in [2.75, 3.05) is 50.7 Å². The molecule has 0 aromatic heterocycles. The third-order valence-electron chi connectivity index (χ3n) is 9.35. The summed E-state index contributed by atoms with van der Waals surface area (Å²) in [7, 11) is -1.79. The molecule has 5 atom stereocenters. The van der Waals surface area contributed by atoms with Crippen molar-refractivity contribution >= 4 is 27.4 Å². The number of carbonyl (C=O) groups excluding carboxylic acids is 2. The van der Waals surface area contributed by atoms with Gasteiger partial charge < -0.3 is 34.3 Å². The molecule has 49 heavy (non-hydrogen) atoms. The van der Waals surface area contributed by atoms with E-state index in [1.165, 1.54) is 0 Å². The lowest BCUT2D eigenvalue weighted by Crippen LogP contribution is -2.62. The highest BCUT2D eigenvalue weighted by Crippen LogP contribution is 2.44. The van der Waals surface area contributed by atoms with Gasteiger partial charge in [0.2, 0.25) is 18.4 Å². The lowest BCUT2D eigenvalue weighted by molar-refractivity contribution is -0.155. The summed E-state index contributed by atoms with van der Waals surface area (Å²) in [6.45, 7) is 11.1. The predicted molar refractivity (Wildman–Crippen MR) is 186 cm³/mol. The van der Waals surface area contributed by atoms with Gasteiger partial charge >= 0.3 is 5.97 Å². The first-order chi connectivity index (χ1) is 23.1. The van der Waals surface area contributed by atoms with Crippen molar-refractivity contribution in [3.05, 3.63) is 48.0 Å². The standard InChI is InChI=1S/C36H51N3O9S/c1-23(2)33-29(12-15-49(33,43)44)48-35(42)25(16-24-10-8-7-9-11-24)17-27(40)20-39-14-13-38(21-28(39)34(41)37-36(3,4)5)26-18-30(45-6)32-31(19-26)46-22-47-32/h7-11,18-19,23,25,27-29,33,40H,12-17,20-22H2,1-6H3,(H,37,41)/t25-,27-,28-,29+,33+/m0/s1. The molecule has 2 saturated heterocycles. The smallest absolute Gasteiger partial charge is 0.309 e. The van der Waals surface area contributed by atoms with E-state index in [1.807, 2.05) is 82.0 Å². The van der Waals surface area contributed by atoms with Crippen LogP contribution in [0.2, 0.25) is 0 Å². The van der Waals surface area contributed by atoms with E-state index in [1.54, 1.807) is 7.11 Å². The zero-order valence-corrected chi connectivity index (χ0v) is 30.2. The van der Waals surface area contributed by atoms with Crippen molar-refractivity contribution in [1.82, 2.24) is 10.2 Å². The zero-order chi connectivity index (χ0) is 35.5. The summed E-state index contributed by atoms with van der Waals surface area (Å²) in [5.41, 5.74) is 1.26. The molecular weight excluding hydrogens is 650 g/mol. The first-order valence-corrected chi connectivity index (χ1v) is 18.8. The van der Waals surface area contributed by atoms with Crippen molar-refractivity contribution in [2.24, 2.45) is 11.8 Å². The quantitative estimate of drug-likeness (QED) is 0.315. The molecule has 0 spiro atoms. The second-order valence-electron chi connectivity index (χ2n) is 14.7. The Balaban J connectivity index is 1.33. The van der Waals surface area contributed by atoms with Crippen LogP contribution in [0.3, 0.4) is 0 Å². The van der Waals surface area contributed by atoms with E-state index < -0.39 is 50.8 Å². The number of nitrogens with zero attached hydrogens (tertiary/aromatic N) is 2. The van der Waals surface area contributed by atoms with Crippen molar-refractivity contribution in [2.45, 2.75) is 82.9 Å². The van der Waals surface area contributed by atoms with Crippen LogP contribution in [0.5, 0.6) is 17.2 Å². The number of hydrogen-bond donors (Lipinski definition) is 2. The Bertz CT molecular complexity index is 1580. The molecule has 0 bridgehead atoms. The van der Waals surface area contributed by atoms with Gasteiger partial charge in [0.1, 0.15) is 17.4 Å². The molecule has 3 heterocycles. The van der Waals surface area contributed by atoms with Crippen LogP contribution in [0.25, 0.3) is 0 Å². The predicted octanol–water partition coefficient (Wildman–Crippen LogP) is 3.19. The first-order valence-electron chi connectivity index (χ1n) is 17.1. The number of ether oxygens (including phenoxy) is 4. The summed E-state index contributed by atoms with van der Waals surface area (Å²) in [6.07, 6.45) is -0.997. The molecule has 2 aromatic rings. The number of amides is 1. The monoisotopic (exact) mass is 701 g/mol. The number of benzene rings is 2. The van der Waals surface area contributed by atoms with Crippen molar-refractivity contribution in [1.29, 1.82) is 0 Å². The van der Waals surface area contributed by atoms with E-state index in [-0.39, 0.29) is 43.8 Å². The lowest BCUT2D eigenvalue weighted by atomic mass is 9.92. The number of nitrogens with one attached hydrogen (secondary N) is 1. The number of carbonyl (C=O) groups is 2. The first kappa shape index (κ1) is 36.7. The molecule has 2 N–H and O–H groups in total. The van der Waals surface area contributed by atoms with Gasteiger partial charge in [-0.05, 0) is 51.5 Å². The molecule has 1 amide bonds. The number of rotatable bonds is 12. The summed E-state index contributed by atoms with van der Waals surface area (Å²) in [6, 6.07) is 12.7. The molecule has 0 radical (unpaired) electrons. The third kappa shape index (κ3) is 8.98. The van der Waals surface area contributed by atoms with Crippen molar-refractivity contribution in [3.63, 3.8) is 0 Å². The number of sulfone groups is 1. The van der Waals surface area contributed by atoms with Gasteiger partial charge in [0.05, 0.1) is 24.9 Å². The fourth-order valence-electron chi connectivity index (χ4n) is 7.14. The Labute approximate surface area is 289 Å². The molecule has 2 aromatic carbocycles. The average molecular weight is 702 g/mol. The number of piperazine rings is 1. The van der Waals surface area contributed by atoms with Crippen molar-refractivity contribution in [3.8, 4) is 17.2 Å². The summed E-state index contributed by atoms with van der Waals surface area (Å²) in [5.74, 6) is 0.0726. The zero-order valence-electron chi connectivity index (χ0n) is 29.4. The molecule has 0 unspecified atom stereocenters. The Hall–Kier alpha value is -3.55. The SMILES string of the molecule is COc1cc(N2CCN(C[C@@H](O)C[C@H](Cc3ccccc3)C(=O)O[C@@H]3CCS(=O)(=O)[C@@H]3C(C)C)[C@H](C(=O)NC(C)(C)C)C2)cc2c1OCO2. The molecule has 3 aliphatic heterocycles. The fraction of sp³-hybridized carbons (Fsp3) is 0.611. The Morgan fingerprint density at radius 1 is 1.10 bits per heavy atom. The molecule has 270 valence electrons. The van der Waals surface area contributed by atoms with Crippen LogP contribution in [-0.4, -0.2) is 105 Å². The minimum Gasteiger partial charge on any atom is -0.493 e. The van der Waals surface area contributed by atoms with Gasteiger partial charge in [0.15, 0.2) is 21.3 Å². The number of methoxy groups -OCH3 is 1. The van der Waals surface area contributed by atoms with Crippen molar-refractivity contribution < 1.29 is 42.1 Å². The lowest BCUT2D eigenvalue weighted by Gasteiger charge is -2.43. The van der Waals surface area contributed by atoms with Crippen LogP contribution in [-0.2, 0) is 30.6 Å². The normalized spacial score (nSPS) is 23.3.